The van der Waals surface area contributed by atoms with Gasteiger partial charge in [-0.25, -0.2) is 0 Å². The van der Waals surface area contributed by atoms with E-state index < -0.39 is 38.3 Å². The number of para-hydroxylation sites is 3. The van der Waals surface area contributed by atoms with Crippen LogP contribution >= 0.6 is 0 Å². The van der Waals surface area contributed by atoms with Gasteiger partial charge in [-0.3, -0.25) is 29.2 Å². The number of fused-ring (bicyclic) bond motifs is 12. The first kappa shape index (κ1) is 81.4. The molecule has 96 heavy (non-hydrogen) atoms. The highest BCUT2D eigenvalue weighted by atomic mass is 16.2. The third kappa shape index (κ3) is 23.7. The van der Waals surface area contributed by atoms with E-state index in [1.54, 1.807) is 0 Å². The van der Waals surface area contributed by atoms with Crippen molar-refractivity contribution in [2.75, 3.05) is 81.0 Å². The monoisotopic (exact) mass is 1250 g/mol. The van der Waals surface area contributed by atoms with Gasteiger partial charge in [0.2, 0.25) is 0 Å². The van der Waals surface area contributed by atoms with Gasteiger partial charge in [0.25, 0.3) is 5.91 Å². The summed E-state index contributed by atoms with van der Waals surface area (Å²) in [6, 6.07) is 44.1. The minimum Gasteiger partial charge on any atom is -0.380 e. The zero-order valence-corrected chi connectivity index (χ0v) is 57.7. The summed E-state index contributed by atoms with van der Waals surface area (Å²) >= 11 is 0. The van der Waals surface area contributed by atoms with Crippen molar-refractivity contribution in [3.63, 3.8) is 0 Å². The molecule has 20 radical (unpaired) electrons. The number of amides is 1. The molecular formula is C70H94B16N8O2. The molecule has 4 aromatic rings. The van der Waals surface area contributed by atoms with Crippen LogP contribution in [0.2, 0.25) is 0 Å². The summed E-state index contributed by atoms with van der Waals surface area (Å²) in [5.74, 6) is 3.48. The van der Waals surface area contributed by atoms with Crippen LogP contribution in [-0.2, 0) is 4.79 Å². The standard InChI is InChI=1S/C25H33N3O.2C14H20N2.C8H13NO.C8H4.CH4.2B8/c1-4-26(5-2)25(29)21-11-13-23(14-12-21)28(22-9-7-6-8-10-22)24-19(3)27-17-15-20(24)16-18-27;2*1-11-14(12-7-9-16(11)10-8-12)15-13-5-3-2-4-6-13;1-6-8(10)7-2-4-9(6)5-3-7;1-3-5-7-8-6-4-2;;2*1-6(2)8(5)7(3)4/h6-14,19-20,24H,4-5,15-18H2,1-3H3;2*2-6,11-12,14-15H,7-10H2,1H3;6-7H,2-5H2,1H3;1-2H2;1H4;;/t19-,24-;11-,14+;11-,14-;;;;;/m101...../s1. The van der Waals surface area contributed by atoms with Crippen molar-refractivity contribution in [3.05, 3.63) is 168 Å². The number of hydrogen-bond donors (Lipinski definition) is 2. The van der Waals surface area contributed by atoms with E-state index in [1.165, 1.54) is 101 Å². The Bertz CT molecular complexity index is 2990. The van der Waals surface area contributed by atoms with E-state index in [0.717, 1.165) is 56.4 Å². The van der Waals surface area contributed by atoms with E-state index in [2.05, 4.69) is 207 Å². The second-order valence-electron chi connectivity index (χ2n) is 26.3. The number of carbonyl (C=O) groups excluding carboxylic acids is 2. The Kier molecular flexibility index (Phi) is 35.6. The normalized spacial score (nSPS) is 26.6. The molecule has 8 bridgehead atoms. The Morgan fingerprint density at radius 1 is 0.479 bits per heavy atom. The fourth-order valence-electron chi connectivity index (χ4n) is 14.5. The van der Waals surface area contributed by atoms with Gasteiger partial charge in [0, 0.05) is 193 Å². The molecule has 10 nitrogen and oxygen atoms in total. The molecule has 12 heterocycles. The molecule has 474 valence electrons. The molecule has 16 rings (SSSR count). The van der Waals surface area contributed by atoms with E-state index in [1.807, 2.05) is 37.8 Å². The van der Waals surface area contributed by atoms with Crippen LogP contribution in [0, 0.1) is 23.7 Å². The number of anilines is 4. The predicted molar refractivity (Wildman–Crippen MR) is 425 cm³/mol. The Balaban J connectivity index is 0.000000216. The van der Waals surface area contributed by atoms with Crippen LogP contribution in [0.4, 0.5) is 22.7 Å². The van der Waals surface area contributed by atoms with E-state index in [4.69, 9.17) is 77.4 Å². The highest BCUT2D eigenvalue weighted by molar-refractivity contribution is 7.90. The second kappa shape index (κ2) is 42.0. The number of hydrogen-bond acceptors (Lipinski definition) is 9. The molecule has 12 aliphatic heterocycles. The van der Waals surface area contributed by atoms with Crippen molar-refractivity contribution in [2.45, 2.75) is 143 Å². The van der Waals surface area contributed by atoms with Gasteiger partial charge in [0.15, 0.2) is 5.78 Å². The first-order valence-electron chi connectivity index (χ1n) is 34.6. The molecule has 4 aromatic carbocycles. The van der Waals surface area contributed by atoms with E-state index >= 15 is 0 Å². The number of carbonyl (C=O) groups is 2. The molecule has 0 spiro atoms. The lowest BCUT2D eigenvalue weighted by atomic mass is 8.68. The van der Waals surface area contributed by atoms with Crippen molar-refractivity contribution in [1.82, 2.24) is 24.5 Å². The highest BCUT2D eigenvalue weighted by Gasteiger charge is 2.44. The SMILES string of the molecule is C.C=C=C=C=C=C=C=C.CC1C(=O)C2CCN1CC2.CCN(CC)C(=O)c1ccc(N(c2ccccc2)[C@H]2C3CCN(CC3)[C@@H]2C)cc1.C[C@@H]1[C@@H](Nc2ccccc2)C2CCN1CC2.C[C@H]1[C@@H](Nc2ccccc2)C2CCN1CC2.[B]B([B])B([B])B([B])[B].[B]B([B])B([B])B([B])[B]. The zero-order valence-electron chi connectivity index (χ0n) is 57.7. The van der Waals surface area contributed by atoms with Gasteiger partial charge < -0.3 is 20.4 Å². The molecule has 1 amide bonds. The molecule has 2 N–H and O–H groups in total. The number of benzene rings is 4. The fraction of sp³-hybridized carbons (Fsp3) is 0.514. The van der Waals surface area contributed by atoms with Crippen molar-refractivity contribution < 1.29 is 9.59 Å². The highest BCUT2D eigenvalue weighted by Crippen LogP contribution is 2.42. The van der Waals surface area contributed by atoms with Crippen LogP contribution < -0.4 is 15.5 Å². The number of Topliss-reactive ketones (excluding diaryl/α,β-unsaturated/α-hetero) is 1. The lowest BCUT2D eigenvalue weighted by molar-refractivity contribution is -0.135. The van der Waals surface area contributed by atoms with Crippen LogP contribution in [0.25, 0.3) is 0 Å². The average Bonchev–Trinajstić information content (AvgIpc) is 0.780. The van der Waals surface area contributed by atoms with Gasteiger partial charge in [-0.15, -0.1) is 0 Å². The lowest BCUT2D eigenvalue weighted by Crippen LogP contribution is -2.61. The Hall–Kier alpha value is -5.28. The van der Waals surface area contributed by atoms with Gasteiger partial charge in [-0.2, -0.15) is 0 Å². The fourth-order valence-corrected chi connectivity index (χ4v) is 14.5. The van der Waals surface area contributed by atoms with Crippen LogP contribution in [0.3, 0.4) is 0 Å². The molecule has 0 saturated carbocycles. The summed E-state index contributed by atoms with van der Waals surface area (Å²) in [5, 5.41) is 7.44. The van der Waals surface area contributed by atoms with Crippen molar-refractivity contribution in [3.8, 4) is 0 Å². The van der Waals surface area contributed by atoms with Crippen molar-refractivity contribution in [1.29, 1.82) is 0 Å². The maximum absolute atomic E-state index is 12.7. The largest absolute Gasteiger partial charge is 0.380 e. The smallest absolute Gasteiger partial charge is 0.253 e. The third-order valence-electron chi connectivity index (χ3n) is 20.5. The van der Waals surface area contributed by atoms with Crippen LogP contribution in [0.5, 0.6) is 0 Å². The van der Waals surface area contributed by atoms with Crippen molar-refractivity contribution in [2.24, 2.45) is 23.7 Å². The summed E-state index contributed by atoms with van der Waals surface area (Å²) in [5.41, 5.74) is 20.2. The quantitative estimate of drug-likeness (QED) is 0.104. The van der Waals surface area contributed by atoms with E-state index in [0.29, 0.717) is 53.9 Å². The lowest BCUT2D eigenvalue weighted by Gasteiger charge is -2.54. The minimum absolute atomic E-state index is 0. The molecular weight excluding hydrogens is 1160 g/mol. The average molecular weight is 1250 g/mol. The summed E-state index contributed by atoms with van der Waals surface area (Å²) in [6.45, 7) is 31.2. The van der Waals surface area contributed by atoms with Crippen LogP contribution in [0.15, 0.2) is 163 Å². The molecule has 12 fully saturated rings. The summed E-state index contributed by atoms with van der Waals surface area (Å²) in [7, 11) is 51.6. The van der Waals surface area contributed by atoms with Crippen LogP contribution in [0.1, 0.15) is 111 Å². The number of piperidine rings is 12. The summed E-state index contributed by atoms with van der Waals surface area (Å²) in [6.07, 6.45) is 6.70. The zero-order chi connectivity index (χ0) is 69.1. The second-order valence-corrected chi connectivity index (χ2v) is 26.3. The van der Waals surface area contributed by atoms with Gasteiger partial charge in [-0.1, -0.05) is 73.5 Å². The summed E-state index contributed by atoms with van der Waals surface area (Å²) in [4.78, 5) is 38.6. The summed E-state index contributed by atoms with van der Waals surface area (Å²) < 4.78 is 0. The molecule has 26 heteroatoms. The number of ketones is 1. The van der Waals surface area contributed by atoms with E-state index in [9.17, 15) is 9.59 Å². The minimum atomic E-state index is -0.630. The molecule has 0 aliphatic carbocycles. The Morgan fingerprint density at radius 2 is 0.823 bits per heavy atom. The van der Waals surface area contributed by atoms with Gasteiger partial charge in [0.05, 0.1) is 12.1 Å². The van der Waals surface area contributed by atoms with E-state index in [-0.39, 0.29) is 19.4 Å². The number of nitrogens with one attached hydrogen (secondary N) is 2. The topological polar surface area (TPSA) is 77.6 Å². The molecule has 0 aromatic heterocycles. The third-order valence-corrected chi connectivity index (χ3v) is 20.5. The van der Waals surface area contributed by atoms with Gasteiger partial charge in [0.1, 0.15) is 0 Å². The first-order chi connectivity index (χ1) is 45.6. The maximum atomic E-state index is 12.7. The van der Waals surface area contributed by atoms with Crippen molar-refractivity contribution >= 4 is 150 Å². The molecule has 12 saturated heterocycles. The Labute approximate surface area is 596 Å². The maximum Gasteiger partial charge on any atom is 0.253 e. The van der Waals surface area contributed by atoms with Gasteiger partial charge in [-0.05, 0) is 260 Å². The first-order valence-corrected chi connectivity index (χ1v) is 34.6. The van der Waals surface area contributed by atoms with Crippen LogP contribution in [-0.4, -0.2) is 260 Å². The molecule has 1 unspecified atom stereocenters. The number of nitrogens with zero attached hydrogens (tertiary/aromatic N) is 6. The van der Waals surface area contributed by atoms with Gasteiger partial charge >= 0.3 is 0 Å². The molecule has 12 aliphatic rings. The predicted octanol–water partition coefficient (Wildman–Crippen LogP) is 6.90. The number of rotatable bonds is 14. The molecule has 7 atom stereocenters. The Morgan fingerprint density at radius 3 is 1.12 bits per heavy atom.